The Morgan fingerprint density at radius 1 is 1.11 bits per heavy atom. The lowest BCUT2D eigenvalue weighted by molar-refractivity contribution is -0.179. The molecule has 0 aromatic rings. The van der Waals surface area contributed by atoms with Crippen LogP contribution in [0.3, 0.4) is 0 Å². The number of aliphatic hydroxyl groups is 1. The smallest absolute Gasteiger partial charge is 0.168 e. The molecule has 2 heterocycles. The molecule has 3 rings (SSSR count). The van der Waals surface area contributed by atoms with Gasteiger partial charge in [-0.15, -0.1) is 0 Å². The fourth-order valence-corrected chi connectivity index (χ4v) is 3.37. The summed E-state index contributed by atoms with van der Waals surface area (Å²) < 4.78 is 16.9. The van der Waals surface area contributed by atoms with Crippen molar-refractivity contribution in [2.75, 3.05) is 26.4 Å². The molecule has 2 saturated heterocycles. The Bertz CT molecular complexity index is 309. The minimum Gasteiger partial charge on any atom is -0.386 e. The Hall–Kier alpha value is -0.200. The van der Waals surface area contributed by atoms with Crippen LogP contribution >= 0.6 is 0 Å². The van der Waals surface area contributed by atoms with Crippen molar-refractivity contribution in [3.8, 4) is 0 Å². The van der Waals surface area contributed by atoms with Crippen LogP contribution in [0.4, 0.5) is 0 Å². The monoisotopic (exact) mass is 271 g/mol. The molecule has 1 aliphatic carbocycles. The third-order valence-electron chi connectivity index (χ3n) is 4.92. The van der Waals surface area contributed by atoms with E-state index in [1.54, 1.807) is 0 Å². The van der Waals surface area contributed by atoms with Gasteiger partial charge in [-0.1, -0.05) is 0 Å². The number of nitrogens with one attached hydrogen (secondary N) is 1. The van der Waals surface area contributed by atoms with Crippen molar-refractivity contribution < 1.29 is 19.3 Å². The number of hydrogen-bond donors (Lipinski definition) is 2. The predicted octanol–water partition coefficient (Wildman–Crippen LogP) is 0.802. The van der Waals surface area contributed by atoms with Crippen LogP contribution in [0.1, 0.15) is 39.0 Å². The topological polar surface area (TPSA) is 60.0 Å². The third kappa shape index (κ3) is 2.81. The summed E-state index contributed by atoms with van der Waals surface area (Å²) in [5, 5.41) is 14.0. The van der Waals surface area contributed by atoms with Crippen LogP contribution in [0.25, 0.3) is 0 Å². The normalized spacial score (nSPS) is 39.2. The third-order valence-corrected chi connectivity index (χ3v) is 4.92. The minimum absolute atomic E-state index is 0.0727. The summed E-state index contributed by atoms with van der Waals surface area (Å²) in [5.74, 6) is -0.293. The zero-order valence-electron chi connectivity index (χ0n) is 11.7. The molecule has 0 aromatic heterocycles. The largest absolute Gasteiger partial charge is 0.386 e. The lowest BCUT2D eigenvalue weighted by atomic mass is 9.89. The van der Waals surface area contributed by atoms with Crippen LogP contribution in [-0.2, 0) is 14.2 Å². The summed E-state index contributed by atoms with van der Waals surface area (Å²) in [6.45, 7) is 4.69. The molecule has 0 bridgehead atoms. The quantitative estimate of drug-likeness (QED) is 0.795. The Kier molecular flexibility index (Phi) is 3.84. The van der Waals surface area contributed by atoms with Gasteiger partial charge in [0.1, 0.15) is 5.60 Å². The lowest BCUT2D eigenvalue weighted by Crippen LogP contribution is -2.50. The molecule has 19 heavy (non-hydrogen) atoms. The maximum Gasteiger partial charge on any atom is 0.168 e. The van der Waals surface area contributed by atoms with Gasteiger partial charge in [-0.3, -0.25) is 0 Å². The molecule has 0 aromatic carbocycles. The van der Waals surface area contributed by atoms with Gasteiger partial charge in [0.15, 0.2) is 5.79 Å². The van der Waals surface area contributed by atoms with E-state index in [2.05, 4.69) is 5.32 Å². The minimum atomic E-state index is -0.699. The van der Waals surface area contributed by atoms with Gasteiger partial charge in [0.2, 0.25) is 0 Å². The molecule has 1 saturated carbocycles. The Morgan fingerprint density at radius 3 is 2.37 bits per heavy atom. The maximum atomic E-state index is 10.5. The molecule has 2 unspecified atom stereocenters. The number of rotatable bonds is 3. The van der Waals surface area contributed by atoms with Gasteiger partial charge in [-0.25, -0.2) is 0 Å². The highest BCUT2D eigenvalue weighted by Crippen LogP contribution is 2.36. The Labute approximate surface area is 114 Å². The summed E-state index contributed by atoms with van der Waals surface area (Å²) in [5.41, 5.74) is -0.699. The maximum absolute atomic E-state index is 10.5. The van der Waals surface area contributed by atoms with Crippen LogP contribution in [0.5, 0.6) is 0 Å². The average Bonchev–Trinajstić information content (AvgIpc) is 2.99. The van der Waals surface area contributed by atoms with Gasteiger partial charge in [0, 0.05) is 38.5 Å². The van der Waals surface area contributed by atoms with E-state index in [0.717, 1.165) is 45.3 Å². The molecule has 1 spiro atoms. The molecule has 5 nitrogen and oxygen atoms in total. The van der Waals surface area contributed by atoms with Crippen molar-refractivity contribution in [3.63, 3.8) is 0 Å². The molecule has 2 atom stereocenters. The molecule has 110 valence electrons. The second-order valence-electron chi connectivity index (χ2n) is 6.13. The first-order valence-corrected chi connectivity index (χ1v) is 7.47. The molecule has 2 aliphatic heterocycles. The summed E-state index contributed by atoms with van der Waals surface area (Å²) in [4.78, 5) is 0. The van der Waals surface area contributed by atoms with Crippen LogP contribution < -0.4 is 5.32 Å². The van der Waals surface area contributed by atoms with E-state index in [1.165, 1.54) is 0 Å². The van der Waals surface area contributed by atoms with Crippen molar-refractivity contribution in [1.29, 1.82) is 0 Å². The molecule has 0 amide bonds. The fraction of sp³-hybridized carbons (Fsp3) is 1.00. The molecule has 3 fully saturated rings. The highest BCUT2D eigenvalue weighted by atomic mass is 16.7. The number of ether oxygens (including phenoxy) is 3. The highest BCUT2D eigenvalue weighted by Gasteiger charge is 2.42. The van der Waals surface area contributed by atoms with Gasteiger partial charge < -0.3 is 24.6 Å². The van der Waals surface area contributed by atoms with Gasteiger partial charge in [-0.2, -0.15) is 0 Å². The first-order valence-electron chi connectivity index (χ1n) is 7.47. The summed E-state index contributed by atoms with van der Waals surface area (Å²) >= 11 is 0. The van der Waals surface area contributed by atoms with Crippen molar-refractivity contribution >= 4 is 0 Å². The van der Waals surface area contributed by atoms with E-state index in [-0.39, 0.29) is 11.9 Å². The molecule has 0 radical (unpaired) electrons. The van der Waals surface area contributed by atoms with Crippen molar-refractivity contribution in [2.24, 2.45) is 0 Å². The first-order chi connectivity index (χ1) is 9.12. The standard InChI is InChI=1S/C14H25NO4/c1-11-13(16,6-7-17-11)10-15-12-2-4-14(5-3-12)18-8-9-19-14/h11-12,15-16H,2-10H2,1H3. The SMILES string of the molecule is CC1OCCC1(O)CNC1CCC2(CC1)OCCO2. The van der Waals surface area contributed by atoms with E-state index in [1.807, 2.05) is 6.92 Å². The van der Waals surface area contributed by atoms with Crippen LogP contribution in [0, 0.1) is 0 Å². The zero-order chi connectivity index (χ0) is 13.3. The van der Waals surface area contributed by atoms with E-state index in [0.29, 0.717) is 19.2 Å². The lowest BCUT2D eigenvalue weighted by Gasteiger charge is -2.37. The van der Waals surface area contributed by atoms with E-state index in [9.17, 15) is 5.11 Å². The predicted molar refractivity (Wildman–Crippen MR) is 69.9 cm³/mol. The van der Waals surface area contributed by atoms with Gasteiger partial charge in [0.05, 0.1) is 19.3 Å². The molecule has 3 aliphatic rings. The van der Waals surface area contributed by atoms with Gasteiger partial charge >= 0.3 is 0 Å². The molecule has 2 N–H and O–H groups in total. The average molecular weight is 271 g/mol. The van der Waals surface area contributed by atoms with Gasteiger partial charge in [-0.05, 0) is 19.8 Å². The summed E-state index contributed by atoms with van der Waals surface area (Å²) in [7, 11) is 0. The molecule has 5 heteroatoms. The second kappa shape index (κ2) is 5.30. The van der Waals surface area contributed by atoms with Crippen LogP contribution in [-0.4, -0.2) is 55.0 Å². The van der Waals surface area contributed by atoms with Gasteiger partial charge in [0.25, 0.3) is 0 Å². The summed E-state index contributed by atoms with van der Waals surface area (Å²) in [6.07, 6.45) is 4.65. The van der Waals surface area contributed by atoms with Crippen LogP contribution in [0.15, 0.2) is 0 Å². The van der Waals surface area contributed by atoms with E-state index >= 15 is 0 Å². The summed E-state index contributed by atoms with van der Waals surface area (Å²) in [6, 6.07) is 0.454. The Balaban J connectivity index is 1.45. The second-order valence-corrected chi connectivity index (χ2v) is 6.13. The van der Waals surface area contributed by atoms with E-state index < -0.39 is 5.60 Å². The molecular weight excluding hydrogens is 246 g/mol. The number of hydrogen-bond acceptors (Lipinski definition) is 5. The fourth-order valence-electron chi connectivity index (χ4n) is 3.37. The Morgan fingerprint density at radius 2 is 1.79 bits per heavy atom. The van der Waals surface area contributed by atoms with Crippen molar-refractivity contribution in [2.45, 2.75) is 62.6 Å². The zero-order valence-corrected chi connectivity index (χ0v) is 11.7. The van der Waals surface area contributed by atoms with Crippen molar-refractivity contribution in [3.05, 3.63) is 0 Å². The first kappa shape index (κ1) is 13.8. The van der Waals surface area contributed by atoms with Crippen LogP contribution in [0.2, 0.25) is 0 Å². The highest BCUT2D eigenvalue weighted by molar-refractivity contribution is 4.94. The van der Waals surface area contributed by atoms with E-state index in [4.69, 9.17) is 14.2 Å². The molecular formula is C14H25NO4. The van der Waals surface area contributed by atoms with Crippen molar-refractivity contribution in [1.82, 2.24) is 5.32 Å².